The highest BCUT2D eigenvalue weighted by atomic mass is 32.2. The summed E-state index contributed by atoms with van der Waals surface area (Å²) in [4.78, 5) is -2.06. The largest absolute Gasteiger partial charge is 0.341 e. The molecule has 0 saturated heterocycles. The lowest BCUT2D eigenvalue weighted by Crippen LogP contribution is -2.14. The fraction of sp³-hybridized carbons (Fsp3) is 0.250. The minimum Gasteiger partial charge on any atom is -0.218 e. The van der Waals surface area contributed by atoms with E-state index < -0.39 is 41.0 Å². The van der Waals surface area contributed by atoms with Gasteiger partial charge in [-0.1, -0.05) is 6.07 Å². The molecule has 10 heteroatoms. The predicted molar refractivity (Wildman–Crippen MR) is 52.8 cm³/mol. The number of rotatable bonds is 4. The lowest BCUT2D eigenvalue weighted by Gasteiger charge is -2.06. The second-order valence-corrected chi connectivity index (χ2v) is 6.92. The summed E-state index contributed by atoms with van der Waals surface area (Å²) in [5.41, 5.74) is 0. The third kappa shape index (κ3) is 2.64. The van der Waals surface area contributed by atoms with Gasteiger partial charge in [0.25, 0.3) is 0 Å². The smallest absolute Gasteiger partial charge is 0.218 e. The molecule has 0 fully saturated rings. The van der Waals surface area contributed by atoms with E-state index in [9.17, 15) is 34.4 Å². The van der Waals surface area contributed by atoms with Crippen LogP contribution >= 0.6 is 0 Å². The van der Waals surface area contributed by atoms with Crippen molar-refractivity contribution >= 4 is 19.7 Å². The number of sulfone groups is 2. The molecule has 0 aliphatic rings. The second-order valence-electron chi connectivity index (χ2n) is 3.09. The van der Waals surface area contributed by atoms with Crippen molar-refractivity contribution in [2.75, 3.05) is 0 Å². The van der Waals surface area contributed by atoms with E-state index in [1.807, 2.05) is 0 Å². The molecule has 0 radical (unpaired) electrons. The average molecular weight is 306 g/mol. The van der Waals surface area contributed by atoms with E-state index in [2.05, 4.69) is 0 Å². The molecular weight excluding hydrogens is 300 g/mol. The van der Waals surface area contributed by atoms with Gasteiger partial charge >= 0.3 is 11.5 Å². The Morgan fingerprint density at radius 3 is 1.39 bits per heavy atom. The van der Waals surface area contributed by atoms with Crippen LogP contribution in [-0.2, 0) is 19.7 Å². The quantitative estimate of drug-likeness (QED) is 0.794. The lowest BCUT2D eigenvalue weighted by molar-refractivity contribution is 0.234. The molecule has 0 aromatic heterocycles. The van der Waals surface area contributed by atoms with Crippen molar-refractivity contribution in [1.29, 1.82) is 0 Å². The molecular formula is C8H6F4O4S2. The summed E-state index contributed by atoms with van der Waals surface area (Å²) in [5.74, 6) is -7.52. The number of hydrogen-bond donors (Lipinski definition) is 0. The van der Waals surface area contributed by atoms with Gasteiger partial charge in [0.15, 0.2) is 0 Å². The van der Waals surface area contributed by atoms with Gasteiger partial charge in [-0.05, 0) is 18.2 Å². The SMILES string of the molecule is O=S(=O)(c1cccc(S(=O)(=O)C(F)F)c1)C(F)F. The van der Waals surface area contributed by atoms with Crippen molar-refractivity contribution in [3.63, 3.8) is 0 Å². The van der Waals surface area contributed by atoms with Crippen molar-refractivity contribution in [3.8, 4) is 0 Å². The Kier molecular flexibility index (Phi) is 4.01. The Labute approximate surface area is 100 Å². The Bertz CT molecular complexity index is 584. The number of benzene rings is 1. The second kappa shape index (κ2) is 4.84. The number of alkyl halides is 4. The molecule has 0 aliphatic heterocycles. The van der Waals surface area contributed by atoms with E-state index in [0.29, 0.717) is 12.1 Å². The van der Waals surface area contributed by atoms with Crippen molar-refractivity contribution in [2.24, 2.45) is 0 Å². The fourth-order valence-electron chi connectivity index (χ4n) is 1.03. The first-order chi connectivity index (χ1) is 8.10. The minimum absolute atomic E-state index is 0.281. The van der Waals surface area contributed by atoms with Gasteiger partial charge in [0.1, 0.15) is 0 Å². The summed E-state index contributed by atoms with van der Waals surface area (Å²) < 4.78 is 93.0. The van der Waals surface area contributed by atoms with Gasteiger partial charge in [-0.3, -0.25) is 0 Å². The number of hydrogen-bond acceptors (Lipinski definition) is 4. The third-order valence-electron chi connectivity index (χ3n) is 1.93. The summed E-state index contributed by atoms with van der Waals surface area (Å²) >= 11 is 0. The molecule has 0 bridgehead atoms. The van der Waals surface area contributed by atoms with Crippen LogP contribution in [0, 0.1) is 0 Å². The van der Waals surface area contributed by atoms with Crippen LogP contribution in [0.2, 0.25) is 0 Å². The number of halogens is 4. The normalized spacial score (nSPS) is 13.2. The van der Waals surface area contributed by atoms with Gasteiger partial charge in [0.2, 0.25) is 19.7 Å². The molecule has 0 spiro atoms. The monoisotopic (exact) mass is 306 g/mol. The topological polar surface area (TPSA) is 68.3 Å². The van der Waals surface area contributed by atoms with Gasteiger partial charge in [-0.2, -0.15) is 17.6 Å². The van der Waals surface area contributed by atoms with Crippen molar-refractivity contribution in [1.82, 2.24) is 0 Å². The molecule has 0 saturated carbocycles. The molecule has 0 N–H and O–H groups in total. The fourth-order valence-corrected chi connectivity index (χ4v) is 2.64. The van der Waals surface area contributed by atoms with E-state index in [0.717, 1.165) is 6.07 Å². The Morgan fingerprint density at radius 1 is 0.778 bits per heavy atom. The van der Waals surface area contributed by atoms with Crippen LogP contribution in [0.5, 0.6) is 0 Å². The van der Waals surface area contributed by atoms with Crippen LogP contribution in [0.1, 0.15) is 0 Å². The highest BCUT2D eigenvalue weighted by Crippen LogP contribution is 2.24. The van der Waals surface area contributed by atoms with E-state index >= 15 is 0 Å². The van der Waals surface area contributed by atoms with E-state index in [-0.39, 0.29) is 6.07 Å². The first-order valence-electron chi connectivity index (χ1n) is 4.24. The predicted octanol–water partition coefficient (Wildman–Crippen LogP) is 1.68. The van der Waals surface area contributed by atoms with E-state index in [1.165, 1.54) is 0 Å². The van der Waals surface area contributed by atoms with Gasteiger partial charge in [-0.25, -0.2) is 16.8 Å². The maximum Gasteiger partial charge on any atom is 0.341 e. The first-order valence-corrected chi connectivity index (χ1v) is 7.33. The summed E-state index contributed by atoms with van der Waals surface area (Å²) in [6.45, 7) is 0. The van der Waals surface area contributed by atoms with Gasteiger partial charge in [0.05, 0.1) is 9.79 Å². The molecule has 0 amide bonds. The Balaban J connectivity index is 3.42. The highest BCUT2D eigenvalue weighted by Gasteiger charge is 2.31. The van der Waals surface area contributed by atoms with E-state index in [4.69, 9.17) is 0 Å². The van der Waals surface area contributed by atoms with Crippen LogP contribution in [0.25, 0.3) is 0 Å². The molecule has 18 heavy (non-hydrogen) atoms. The maximum absolute atomic E-state index is 12.2. The zero-order valence-corrected chi connectivity index (χ0v) is 10.1. The van der Waals surface area contributed by atoms with E-state index in [1.54, 1.807) is 0 Å². The molecule has 102 valence electrons. The van der Waals surface area contributed by atoms with Gasteiger partial charge in [-0.15, -0.1) is 0 Å². The third-order valence-corrected chi connectivity index (χ3v) is 4.69. The Morgan fingerprint density at radius 2 is 1.11 bits per heavy atom. The Hall–Kier alpha value is -1.16. The summed E-state index contributed by atoms with van der Waals surface area (Å²) in [5, 5.41) is 0. The van der Waals surface area contributed by atoms with Crippen LogP contribution in [0.15, 0.2) is 34.1 Å². The van der Waals surface area contributed by atoms with Gasteiger partial charge in [0, 0.05) is 0 Å². The molecule has 1 rings (SSSR count). The summed E-state index contributed by atoms with van der Waals surface area (Å²) in [6.07, 6.45) is 0. The maximum atomic E-state index is 12.2. The summed E-state index contributed by atoms with van der Waals surface area (Å²) in [6, 6.07) is 2.48. The molecule has 0 atom stereocenters. The summed E-state index contributed by atoms with van der Waals surface area (Å²) in [7, 11) is -10.1. The first kappa shape index (κ1) is 14.9. The van der Waals surface area contributed by atoms with Crippen LogP contribution < -0.4 is 0 Å². The average Bonchev–Trinajstić information content (AvgIpc) is 2.28. The van der Waals surface area contributed by atoms with Crippen molar-refractivity contribution < 1.29 is 34.4 Å². The zero-order valence-electron chi connectivity index (χ0n) is 8.43. The molecule has 0 unspecified atom stereocenters. The zero-order chi connectivity index (χ0) is 14.1. The minimum atomic E-state index is -5.03. The highest BCUT2D eigenvalue weighted by molar-refractivity contribution is 7.92. The van der Waals surface area contributed by atoms with Crippen LogP contribution in [0.3, 0.4) is 0 Å². The molecule has 1 aromatic carbocycles. The molecule has 0 heterocycles. The lowest BCUT2D eigenvalue weighted by atomic mass is 10.4. The molecule has 1 aromatic rings. The van der Waals surface area contributed by atoms with Crippen molar-refractivity contribution in [2.45, 2.75) is 21.3 Å². The molecule has 0 aliphatic carbocycles. The standard InChI is InChI=1S/C8H6F4O4S2/c9-7(10)17(13,14)5-2-1-3-6(4-5)18(15,16)8(11)12/h1-4,7-8H. The van der Waals surface area contributed by atoms with Crippen LogP contribution in [0.4, 0.5) is 17.6 Å². The van der Waals surface area contributed by atoms with Gasteiger partial charge < -0.3 is 0 Å². The van der Waals surface area contributed by atoms with Crippen molar-refractivity contribution in [3.05, 3.63) is 24.3 Å². The molecule has 4 nitrogen and oxygen atoms in total. The van der Waals surface area contributed by atoms with Crippen LogP contribution in [-0.4, -0.2) is 28.4 Å².